The summed E-state index contributed by atoms with van der Waals surface area (Å²) in [5.41, 5.74) is 0.695. The number of urea groups is 1. The Bertz CT molecular complexity index is 799. The van der Waals surface area contributed by atoms with Crippen molar-refractivity contribution in [3.8, 4) is 11.5 Å². The molecule has 8 nitrogen and oxygen atoms in total. The molecule has 1 fully saturated rings. The minimum atomic E-state index is -0.309. The fraction of sp³-hybridized carbons (Fsp3) is 0.435. The van der Waals surface area contributed by atoms with Gasteiger partial charge in [-0.1, -0.05) is 18.2 Å². The highest BCUT2D eigenvalue weighted by Gasteiger charge is 2.25. The van der Waals surface area contributed by atoms with E-state index in [1.807, 2.05) is 54.6 Å². The number of benzene rings is 2. The second-order valence-electron chi connectivity index (χ2n) is 8.10. The fourth-order valence-corrected chi connectivity index (χ4v) is 3.45. The molecule has 8 heteroatoms. The van der Waals surface area contributed by atoms with Gasteiger partial charge >= 0.3 is 6.03 Å². The van der Waals surface area contributed by atoms with Crippen LogP contribution >= 0.6 is 0 Å². The van der Waals surface area contributed by atoms with Crippen molar-refractivity contribution in [2.75, 3.05) is 32.5 Å². The molecule has 0 spiro atoms. The number of nitrogens with zero attached hydrogens (tertiary/aromatic N) is 1. The summed E-state index contributed by atoms with van der Waals surface area (Å²) in [6.07, 6.45) is 1.87. The molecule has 0 aromatic heterocycles. The van der Waals surface area contributed by atoms with E-state index in [0.717, 1.165) is 31.7 Å². The summed E-state index contributed by atoms with van der Waals surface area (Å²) in [6, 6.07) is 16.9. The zero-order valence-corrected chi connectivity index (χ0v) is 18.5. The molecule has 0 aliphatic carbocycles. The molecule has 1 aliphatic rings. The number of carbonyl (C=O) groups is 1. The molecule has 0 bridgehead atoms. The lowest BCUT2D eigenvalue weighted by Gasteiger charge is -2.37. The zero-order chi connectivity index (χ0) is 22.1. The summed E-state index contributed by atoms with van der Waals surface area (Å²) in [5.74, 6) is 1.49. The van der Waals surface area contributed by atoms with Crippen LogP contribution in [0.2, 0.25) is 0 Å². The molecule has 2 aromatic carbocycles. The largest absolute Gasteiger partial charge is 0.457 e. The Morgan fingerprint density at radius 3 is 2.48 bits per heavy atom. The number of ether oxygens (including phenoxy) is 1. The summed E-state index contributed by atoms with van der Waals surface area (Å²) >= 11 is 0. The summed E-state index contributed by atoms with van der Waals surface area (Å²) in [6.45, 7) is 4.10. The van der Waals surface area contributed by atoms with Crippen molar-refractivity contribution in [3.05, 3.63) is 54.6 Å². The van der Waals surface area contributed by atoms with Gasteiger partial charge in [-0.3, -0.25) is 10.6 Å². The van der Waals surface area contributed by atoms with Gasteiger partial charge in [0.1, 0.15) is 17.8 Å². The Morgan fingerprint density at radius 1 is 1.06 bits per heavy atom. The SMILES string of the molecule is CC1CC(NCCCN(C)C)NC(NC(=O)Nc2ccc(Oc3ccccc3)cc2)N1. The molecule has 2 aromatic rings. The topological polar surface area (TPSA) is 89.7 Å². The first-order valence-corrected chi connectivity index (χ1v) is 10.8. The molecule has 168 valence electrons. The number of amides is 2. The minimum Gasteiger partial charge on any atom is -0.457 e. The maximum atomic E-state index is 12.4. The van der Waals surface area contributed by atoms with Crippen LogP contribution in [-0.2, 0) is 0 Å². The first kappa shape index (κ1) is 23.0. The molecular formula is C23H34N6O2. The first-order valence-electron chi connectivity index (χ1n) is 10.8. The van der Waals surface area contributed by atoms with E-state index in [0.29, 0.717) is 11.4 Å². The molecule has 3 atom stereocenters. The Labute approximate surface area is 184 Å². The first-order chi connectivity index (χ1) is 15.0. The van der Waals surface area contributed by atoms with Crippen LogP contribution in [0.4, 0.5) is 10.5 Å². The molecule has 1 saturated heterocycles. The Hall–Kier alpha value is -2.65. The van der Waals surface area contributed by atoms with Gasteiger partial charge in [0, 0.05) is 11.7 Å². The molecule has 5 N–H and O–H groups in total. The number of hydrogen-bond donors (Lipinski definition) is 5. The monoisotopic (exact) mass is 426 g/mol. The van der Waals surface area contributed by atoms with Crippen molar-refractivity contribution in [1.29, 1.82) is 0 Å². The molecule has 1 heterocycles. The fourth-order valence-electron chi connectivity index (χ4n) is 3.45. The summed E-state index contributed by atoms with van der Waals surface area (Å²) in [5, 5.41) is 16.1. The van der Waals surface area contributed by atoms with E-state index in [1.54, 1.807) is 0 Å². The highest BCUT2D eigenvalue weighted by Crippen LogP contribution is 2.22. The predicted molar refractivity (Wildman–Crippen MR) is 124 cm³/mol. The van der Waals surface area contributed by atoms with E-state index < -0.39 is 0 Å². The molecule has 0 saturated carbocycles. The second kappa shape index (κ2) is 11.7. The van der Waals surface area contributed by atoms with Gasteiger partial charge in [0.2, 0.25) is 0 Å². The molecule has 1 aliphatic heterocycles. The average molecular weight is 427 g/mol. The Morgan fingerprint density at radius 2 is 1.77 bits per heavy atom. The van der Waals surface area contributed by atoms with Crippen LogP contribution in [0.5, 0.6) is 11.5 Å². The average Bonchev–Trinajstić information content (AvgIpc) is 2.73. The zero-order valence-electron chi connectivity index (χ0n) is 18.5. The summed E-state index contributed by atoms with van der Waals surface area (Å²) in [4.78, 5) is 14.6. The van der Waals surface area contributed by atoms with Gasteiger partial charge in [0.25, 0.3) is 0 Å². The number of carbonyl (C=O) groups excluding carboxylic acids is 1. The van der Waals surface area contributed by atoms with Crippen LogP contribution in [0.15, 0.2) is 54.6 Å². The molecule has 0 radical (unpaired) electrons. The molecule has 3 rings (SSSR count). The lowest BCUT2D eigenvalue weighted by molar-refractivity contribution is 0.192. The highest BCUT2D eigenvalue weighted by atomic mass is 16.5. The van der Waals surface area contributed by atoms with Crippen molar-refractivity contribution >= 4 is 11.7 Å². The third-order valence-corrected chi connectivity index (χ3v) is 4.95. The van der Waals surface area contributed by atoms with Gasteiger partial charge in [-0.2, -0.15) is 0 Å². The lowest BCUT2D eigenvalue weighted by Crippen LogP contribution is -2.67. The normalized spacial score (nSPS) is 21.0. The number of para-hydroxylation sites is 1. The maximum Gasteiger partial charge on any atom is 0.321 e. The molecule has 3 unspecified atom stereocenters. The quantitative estimate of drug-likeness (QED) is 0.396. The molecular weight excluding hydrogens is 392 g/mol. The van der Waals surface area contributed by atoms with E-state index >= 15 is 0 Å². The molecule has 31 heavy (non-hydrogen) atoms. The van der Waals surface area contributed by atoms with Gasteiger partial charge in [0.15, 0.2) is 0 Å². The summed E-state index contributed by atoms with van der Waals surface area (Å²) < 4.78 is 5.78. The van der Waals surface area contributed by atoms with Gasteiger partial charge in [-0.15, -0.1) is 0 Å². The van der Waals surface area contributed by atoms with Crippen molar-refractivity contribution in [2.24, 2.45) is 0 Å². The van der Waals surface area contributed by atoms with E-state index in [9.17, 15) is 4.79 Å². The van der Waals surface area contributed by atoms with Crippen LogP contribution in [0.1, 0.15) is 19.8 Å². The third kappa shape index (κ3) is 8.18. The van der Waals surface area contributed by atoms with Crippen LogP contribution < -0.4 is 31.3 Å². The number of nitrogens with one attached hydrogen (secondary N) is 5. The van der Waals surface area contributed by atoms with Crippen LogP contribution in [0.25, 0.3) is 0 Å². The highest BCUT2D eigenvalue weighted by molar-refractivity contribution is 5.89. The smallest absolute Gasteiger partial charge is 0.321 e. The maximum absolute atomic E-state index is 12.4. The predicted octanol–water partition coefficient (Wildman–Crippen LogP) is 2.72. The Balaban J connectivity index is 1.43. The van der Waals surface area contributed by atoms with Crippen LogP contribution in [-0.4, -0.2) is 56.6 Å². The van der Waals surface area contributed by atoms with E-state index in [-0.39, 0.29) is 24.5 Å². The van der Waals surface area contributed by atoms with Crippen molar-refractivity contribution in [2.45, 2.75) is 38.3 Å². The van der Waals surface area contributed by atoms with Gasteiger partial charge in [-0.25, -0.2) is 4.79 Å². The van der Waals surface area contributed by atoms with Crippen molar-refractivity contribution < 1.29 is 9.53 Å². The number of anilines is 1. The van der Waals surface area contributed by atoms with Gasteiger partial charge < -0.3 is 25.6 Å². The summed E-state index contributed by atoms with van der Waals surface area (Å²) in [7, 11) is 4.15. The van der Waals surface area contributed by atoms with E-state index in [1.165, 1.54) is 0 Å². The van der Waals surface area contributed by atoms with E-state index in [4.69, 9.17) is 4.74 Å². The minimum absolute atomic E-state index is 0.151. The van der Waals surface area contributed by atoms with Crippen LogP contribution in [0, 0.1) is 0 Å². The van der Waals surface area contributed by atoms with Crippen molar-refractivity contribution in [3.63, 3.8) is 0 Å². The van der Waals surface area contributed by atoms with Gasteiger partial charge in [-0.05, 0) is 83.3 Å². The second-order valence-corrected chi connectivity index (χ2v) is 8.10. The Kier molecular flexibility index (Phi) is 8.66. The lowest BCUT2D eigenvalue weighted by atomic mass is 10.1. The number of hydrogen-bond acceptors (Lipinski definition) is 6. The van der Waals surface area contributed by atoms with Gasteiger partial charge in [0.05, 0.1) is 6.17 Å². The molecule has 2 amide bonds. The third-order valence-electron chi connectivity index (χ3n) is 4.95. The van der Waals surface area contributed by atoms with Crippen molar-refractivity contribution in [1.82, 2.24) is 26.2 Å². The standard InChI is InChI=1S/C23H34N6O2/c1-17-16-21(24-14-7-15-29(2)3)27-22(25-17)28-23(30)26-18-10-12-20(13-11-18)31-19-8-5-4-6-9-19/h4-6,8-13,17,21-22,24-25,27H,7,14-16H2,1-3H3,(H2,26,28,30). The van der Waals surface area contributed by atoms with Crippen LogP contribution in [0.3, 0.4) is 0 Å². The number of rotatable bonds is 9. The van der Waals surface area contributed by atoms with E-state index in [2.05, 4.69) is 52.5 Å².